The Labute approximate surface area is 184 Å². The molecule has 0 radical (unpaired) electrons. The van der Waals surface area contributed by atoms with E-state index < -0.39 is 50.2 Å². The van der Waals surface area contributed by atoms with Gasteiger partial charge in [0.25, 0.3) is 0 Å². The Bertz CT molecular complexity index is 925. The maximum absolute atomic E-state index is 13.1. The van der Waals surface area contributed by atoms with Crippen LogP contribution in [-0.2, 0) is 24.3 Å². The lowest BCUT2D eigenvalue weighted by Crippen LogP contribution is -2.78. The molecule has 5 aliphatic rings. The van der Waals surface area contributed by atoms with Crippen molar-refractivity contribution in [3.8, 4) is 0 Å². The zero-order valence-electron chi connectivity index (χ0n) is 19.1. The third kappa shape index (κ3) is 3.97. The van der Waals surface area contributed by atoms with Crippen molar-refractivity contribution >= 4 is 27.9 Å². The second kappa shape index (κ2) is 6.66. The van der Waals surface area contributed by atoms with Gasteiger partial charge in [-0.2, -0.15) is 0 Å². The van der Waals surface area contributed by atoms with Crippen molar-refractivity contribution in [1.29, 1.82) is 0 Å². The van der Waals surface area contributed by atoms with Crippen molar-refractivity contribution in [3.63, 3.8) is 0 Å². The Morgan fingerprint density at radius 1 is 1.19 bits per heavy atom. The Morgan fingerprint density at radius 3 is 2.26 bits per heavy atom. The first-order valence-electron chi connectivity index (χ1n) is 10.8. The van der Waals surface area contributed by atoms with Crippen molar-refractivity contribution in [2.45, 2.75) is 89.4 Å². The highest BCUT2D eigenvalue weighted by Gasteiger charge is 2.74. The fourth-order valence-corrected chi connectivity index (χ4v) is 7.22. The first-order valence-corrected chi connectivity index (χ1v) is 12.5. The Morgan fingerprint density at radius 2 is 1.77 bits per heavy atom. The van der Waals surface area contributed by atoms with E-state index in [2.05, 4.69) is 4.72 Å². The molecular formula is C21H33N3O6S. The highest BCUT2D eigenvalue weighted by atomic mass is 32.2. The number of aliphatic imine (C=N–C) groups is 1. The first-order chi connectivity index (χ1) is 14.1. The van der Waals surface area contributed by atoms with Crippen LogP contribution in [0.15, 0.2) is 4.99 Å². The minimum atomic E-state index is -3.32. The highest BCUT2D eigenvalue weighted by molar-refractivity contribution is 7.89. The molecule has 9 nitrogen and oxygen atoms in total. The van der Waals surface area contributed by atoms with Gasteiger partial charge in [-0.3, -0.25) is 4.99 Å². The van der Waals surface area contributed by atoms with Gasteiger partial charge in [0.2, 0.25) is 10.0 Å². The second-order valence-electron chi connectivity index (χ2n) is 11.3. The van der Waals surface area contributed by atoms with Crippen LogP contribution in [0.2, 0.25) is 0 Å². The fourth-order valence-electron chi connectivity index (χ4n) is 5.31. The average Bonchev–Trinajstić information content (AvgIpc) is 3.28. The normalized spacial score (nSPS) is 33.8. The molecule has 1 amide bonds. The molecule has 10 heteroatoms. The van der Waals surface area contributed by atoms with Crippen molar-refractivity contribution in [1.82, 2.24) is 9.62 Å². The topological polar surface area (TPSA) is 114 Å². The molecule has 31 heavy (non-hydrogen) atoms. The van der Waals surface area contributed by atoms with Gasteiger partial charge in [-0.1, -0.05) is 0 Å². The standard InChI is InChI=1S/C21H33N3O6S/c1-18(2,3)30-17(26)24-14(15(25)29-6)19(4,5)22-16(24)20-10-21(11-20,12-20)23-31(27,28)9-13-7-8-13/h13-14,23H,7-12H2,1-6H3/t14-,20?,21?/m0/s1. The molecule has 4 fully saturated rings. The van der Waals surface area contributed by atoms with E-state index in [4.69, 9.17) is 14.5 Å². The van der Waals surface area contributed by atoms with E-state index >= 15 is 0 Å². The minimum absolute atomic E-state index is 0.185. The summed E-state index contributed by atoms with van der Waals surface area (Å²) in [5.41, 5.74) is -2.52. The zero-order chi connectivity index (χ0) is 23.0. The van der Waals surface area contributed by atoms with Gasteiger partial charge in [0.15, 0.2) is 6.04 Å². The largest absolute Gasteiger partial charge is 0.467 e. The van der Waals surface area contributed by atoms with Gasteiger partial charge >= 0.3 is 12.1 Å². The number of hydrogen-bond acceptors (Lipinski definition) is 7. The third-order valence-corrected chi connectivity index (χ3v) is 8.25. The summed E-state index contributed by atoms with van der Waals surface area (Å²) < 4.78 is 38.4. The minimum Gasteiger partial charge on any atom is -0.467 e. The lowest BCUT2D eigenvalue weighted by molar-refractivity contribution is -0.147. The van der Waals surface area contributed by atoms with E-state index in [0.717, 1.165) is 12.8 Å². The molecule has 0 spiro atoms. The Hall–Kier alpha value is -1.68. The summed E-state index contributed by atoms with van der Waals surface area (Å²) in [6.07, 6.45) is 3.00. The van der Waals surface area contributed by atoms with E-state index in [0.29, 0.717) is 25.1 Å². The molecule has 1 aliphatic heterocycles. The molecule has 0 aromatic heterocycles. The number of esters is 1. The number of amides is 1. The Kier molecular flexibility index (Phi) is 4.84. The van der Waals surface area contributed by atoms with Crippen LogP contribution in [0.3, 0.4) is 0 Å². The van der Waals surface area contributed by atoms with Crippen LogP contribution in [0, 0.1) is 11.3 Å². The number of carbonyl (C=O) groups is 2. The van der Waals surface area contributed by atoms with Crippen molar-refractivity contribution in [3.05, 3.63) is 0 Å². The molecule has 5 rings (SSSR count). The number of ether oxygens (including phenoxy) is 2. The number of carbonyl (C=O) groups excluding carboxylic acids is 2. The van der Waals surface area contributed by atoms with Gasteiger partial charge in [-0.25, -0.2) is 27.6 Å². The van der Waals surface area contributed by atoms with Crippen LogP contribution in [-0.4, -0.2) is 66.8 Å². The number of hydrogen-bond donors (Lipinski definition) is 1. The summed E-state index contributed by atoms with van der Waals surface area (Å²) in [6.45, 7) is 8.87. The van der Waals surface area contributed by atoms with Crippen molar-refractivity contribution in [2.75, 3.05) is 12.9 Å². The summed E-state index contributed by atoms with van der Waals surface area (Å²) in [7, 11) is -2.04. The molecule has 174 valence electrons. The van der Waals surface area contributed by atoms with Crippen LogP contribution in [0.25, 0.3) is 0 Å². The fraction of sp³-hybridized carbons (Fsp3) is 0.857. The van der Waals surface area contributed by atoms with E-state index in [9.17, 15) is 18.0 Å². The van der Waals surface area contributed by atoms with Crippen molar-refractivity contribution < 1.29 is 27.5 Å². The van der Waals surface area contributed by atoms with E-state index in [1.807, 2.05) is 0 Å². The summed E-state index contributed by atoms with van der Waals surface area (Å²) in [4.78, 5) is 31.9. The zero-order valence-corrected chi connectivity index (χ0v) is 20.0. The number of methoxy groups -OCH3 is 1. The second-order valence-corrected chi connectivity index (χ2v) is 13.0. The summed E-state index contributed by atoms with van der Waals surface area (Å²) >= 11 is 0. The number of sulfonamides is 1. The van der Waals surface area contributed by atoms with Gasteiger partial charge in [-0.05, 0) is 72.6 Å². The van der Waals surface area contributed by atoms with Crippen LogP contribution >= 0.6 is 0 Å². The maximum atomic E-state index is 13.1. The number of rotatable bonds is 6. The van der Waals surface area contributed by atoms with Crippen LogP contribution < -0.4 is 4.72 Å². The molecule has 4 aliphatic carbocycles. The predicted molar refractivity (Wildman–Crippen MR) is 114 cm³/mol. The molecule has 4 saturated carbocycles. The number of nitrogens with one attached hydrogen (secondary N) is 1. The van der Waals surface area contributed by atoms with Gasteiger partial charge in [0, 0.05) is 11.0 Å². The Balaban J connectivity index is 1.55. The molecule has 0 aromatic rings. The number of amidine groups is 1. The summed E-state index contributed by atoms with van der Waals surface area (Å²) in [6, 6.07) is -0.932. The summed E-state index contributed by atoms with van der Waals surface area (Å²) in [5, 5.41) is 0. The van der Waals surface area contributed by atoms with Crippen molar-refractivity contribution in [2.24, 2.45) is 16.3 Å². The smallest absolute Gasteiger partial charge is 0.416 e. The molecule has 0 unspecified atom stereocenters. The molecule has 2 bridgehead atoms. The van der Waals surface area contributed by atoms with Gasteiger partial charge in [0.05, 0.1) is 18.4 Å². The molecular weight excluding hydrogens is 422 g/mol. The number of nitrogens with zero attached hydrogens (tertiary/aromatic N) is 2. The SMILES string of the molecule is COC(=O)[C@@H]1N(C(=O)OC(C)(C)C)C(C23CC(NS(=O)(=O)CC4CC4)(C2)C3)=NC1(C)C. The van der Waals surface area contributed by atoms with E-state index in [1.54, 1.807) is 34.6 Å². The monoisotopic (exact) mass is 455 g/mol. The van der Waals surface area contributed by atoms with E-state index in [-0.39, 0.29) is 11.7 Å². The lowest BCUT2D eigenvalue weighted by atomic mass is 9.39. The van der Waals surface area contributed by atoms with Gasteiger partial charge in [-0.15, -0.1) is 0 Å². The first kappa shape index (κ1) is 22.5. The molecule has 1 heterocycles. The molecule has 0 aromatic carbocycles. The molecule has 1 N–H and O–H groups in total. The average molecular weight is 456 g/mol. The predicted octanol–water partition coefficient (Wildman–Crippen LogP) is 2.21. The maximum Gasteiger partial charge on any atom is 0.416 e. The van der Waals surface area contributed by atoms with Crippen LogP contribution in [0.1, 0.15) is 66.7 Å². The third-order valence-electron chi connectivity index (χ3n) is 6.59. The van der Waals surface area contributed by atoms with E-state index in [1.165, 1.54) is 12.0 Å². The highest BCUT2D eigenvalue weighted by Crippen LogP contribution is 2.69. The van der Waals surface area contributed by atoms with Crippen LogP contribution in [0.4, 0.5) is 4.79 Å². The summed E-state index contributed by atoms with van der Waals surface area (Å²) in [5.74, 6) is 0.415. The molecule has 0 saturated heterocycles. The molecule has 1 atom stereocenters. The van der Waals surface area contributed by atoms with Gasteiger partial charge < -0.3 is 9.47 Å². The quantitative estimate of drug-likeness (QED) is 0.614. The van der Waals surface area contributed by atoms with Crippen LogP contribution in [0.5, 0.6) is 0 Å². The lowest BCUT2D eigenvalue weighted by Gasteiger charge is -2.70. The van der Waals surface area contributed by atoms with Gasteiger partial charge in [0.1, 0.15) is 11.4 Å².